The molecule has 2 saturated heterocycles. The van der Waals surface area contributed by atoms with Crippen LogP contribution in [-0.2, 0) is 0 Å². The molecule has 0 amide bonds. The molecule has 2 fully saturated rings. The van der Waals surface area contributed by atoms with Crippen molar-refractivity contribution in [2.24, 2.45) is 11.7 Å². The zero-order valence-corrected chi connectivity index (χ0v) is 11.7. The van der Waals surface area contributed by atoms with Gasteiger partial charge in [-0.15, -0.1) is 0 Å². The van der Waals surface area contributed by atoms with E-state index in [1.165, 1.54) is 37.8 Å². The van der Waals surface area contributed by atoms with E-state index in [0.29, 0.717) is 0 Å². The molecule has 0 spiro atoms. The fourth-order valence-electron chi connectivity index (χ4n) is 3.94. The Kier molecular flexibility index (Phi) is 3.65. The number of nitrogens with zero attached hydrogens (tertiary/aromatic N) is 1. The molecule has 2 atom stereocenters. The van der Waals surface area contributed by atoms with Crippen LogP contribution >= 0.6 is 0 Å². The Balaban J connectivity index is 1.75. The maximum Gasteiger partial charge on any atom is 0.119 e. The summed E-state index contributed by atoms with van der Waals surface area (Å²) in [5.41, 5.74) is 7.08. The van der Waals surface area contributed by atoms with E-state index in [9.17, 15) is 0 Å². The highest BCUT2D eigenvalue weighted by Gasteiger charge is 2.40. The zero-order valence-electron chi connectivity index (χ0n) is 11.7. The van der Waals surface area contributed by atoms with E-state index in [-0.39, 0.29) is 0 Å². The molecule has 2 bridgehead atoms. The predicted octanol–water partition coefficient (Wildman–Crippen LogP) is 2.79. The van der Waals surface area contributed by atoms with Crippen LogP contribution in [0.15, 0.2) is 24.3 Å². The summed E-state index contributed by atoms with van der Waals surface area (Å²) in [6, 6.07) is 10.00. The molecule has 3 rings (SSSR count). The first kappa shape index (κ1) is 12.8. The first-order valence-corrected chi connectivity index (χ1v) is 7.44. The molecule has 3 nitrogen and oxygen atoms in total. The number of rotatable bonds is 4. The van der Waals surface area contributed by atoms with E-state index in [0.717, 1.165) is 30.3 Å². The van der Waals surface area contributed by atoms with Crippen molar-refractivity contribution in [1.29, 1.82) is 0 Å². The largest absolute Gasteiger partial charge is 0.497 e. The van der Waals surface area contributed by atoms with Gasteiger partial charge in [0.1, 0.15) is 5.75 Å². The molecule has 2 N–H and O–H groups in total. The number of anilines is 1. The molecule has 2 unspecified atom stereocenters. The van der Waals surface area contributed by atoms with Gasteiger partial charge in [0, 0.05) is 17.8 Å². The minimum atomic E-state index is 0.726. The van der Waals surface area contributed by atoms with Gasteiger partial charge in [-0.1, -0.05) is 0 Å². The zero-order chi connectivity index (χ0) is 13.2. The SMILES string of the molecule is COc1ccc(N2C3CCC2CC(CCN)C3)cc1. The van der Waals surface area contributed by atoms with Gasteiger partial charge in [0.05, 0.1) is 7.11 Å². The molecule has 2 aliphatic heterocycles. The molecule has 2 aliphatic rings. The number of ether oxygens (including phenoxy) is 1. The smallest absolute Gasteiger partial charge is 0.119 e. The van der Waals surface area contributed by atoms with Crippen molar-refractivity contribution < 1.29 is 4.74 Å². The number of methoxy groups -OCH3 is 1. The van der Waals surface area contributed by atoms with Crippen molar-refractivity contribution in [3.05, 3.63) is 24.3 Å². The first-order chi connectivity index (χ1) is 9.31. The van der Waals surface area contributed by atoms with Gasteiger partial charge < -0.3 is 15.4 Å². The van der Waals surface area contributed by atoms with E-state index >= 15 is 0 Å². The quantitative estimate of drug-likeness (QED) is 0.904. The van der Waals surface area contributed by atoms with Crippen molar-refractivity contribution in [3.63, 3.8) is 0 Å². The molecule has 1 aromatic carbocycles. The third kappa shape index (κ3) is 2.44. The molecule has 0 radical (unpaired) electrons. The van der Waals surface area contributed by atoms with E-state index in [1.807, 2.05) is 0 Å². The molecular weight excluding hydrogens is 236 g/mol. The molecule has 0 aromatic heterocycles. The average Bonchev–Trinajstić information content (AvgIpc) is 2.71. The van der Waals surface area contributed by atoms with Crippen LogP contribution in [0, 0.1) is 5.92 Å². The second-order valence-electron chi connectivity index (χ2n) is 5.91. The molecule has 2 heterocycles. The summed E-state index contributed by atoms with van der Waals surface area (Å²) in [6.45, 7) is 0.840. The monoisotopic (exact) mass is 260 g/mol. The van der Waals surface area contributed by atoms with Gasteiger partial charge in [0.25, 0.3) is 0 Å². The van der Waals surface area contributed by atoms with Crippen LogP contribution in [0.4, 0.5) is 5.69 Å². The summed E-state index contributed by atoms with van der Waals surface area (Å²) in [5, 5.41) is 0. The van der Waals surface area contributed by atoms with Gasteiger partial charge in [-0.25, -0.2) is 0 Å². The fourth-order valence-corrected chi connectivity index (χ4v) is 3.94. The second kappa shape index (κ2) is 5.41. The minimum Gasteiger partial charge on any atom is -0.497 e. The minimum absolute atomic E-state index is 0.726. The Morgan fingerprint density at radius 2 is 1.79 bits per heavy atom. The fraction of sp³-hybridized carbons (Fsp3) is 0.625. The maximum atomic E-state index is 5.72. The highest BCUT2D eigenvalue weighted by Crippen LogP contribution is 2.42. The molecule has 3 heteroatoms. The van der Waals surface area contributed by atoms with Crippen molar-refractivity contribution in [2.75, 3.05) is 18.6 Å². The van der Waals surface area contributed by atoms with Crippen LogP contribution in [-0.4, -0.2) is 25.7 Å². The van der Waals surface area contributed by atoms with E-state index in [2.05, 4.69) is 29.2 Å². The van der Waals surface area contributed by atoms with Crippen molar-refractivity contribution in [3.8, 4) is 5.75 Å². The Labute approximate surface area is 115 Å². The lowest BCUT2D eigenvalue weighted by Crippen LogP contribution is -2.43. The lowest BCUT2D eigenvalue weighted by molar-refractivity contribution is 0.326. The number of benzene rings is 1. The van der Waals surface area contributed by atoms with E-state index in [1.54, 1.807) is 7.11 Å². The number of hydrogen-bond donors (Lipinski definition) is 1. The predicted molar refractivity (Wildman–Crippen MR) is 78.7 cm³/mol. The van der Waals surface area contributed by atoms with Crippen LogP contribution in [0.3, 0.4) is 0 Å². The summed E-state index contributed by atoms with van der Waals surface area (Å²) in [5.74, 6) is 1.78. The molecule has 1 aromatic rings. The summed E-state index contributed by atoms with van der Waals surface area (Å²) < 4.78 is 5.24. The average molecular weight is 260 g/mol. The van der Waals surface area contributed by atoms with Gasteiger partial charge in [0.15, 0.2) is 0 Å². The van der Waals surface area contributed by atoms with Gasteiger partial charge in [-0.05, 0) is 68.8 Å². The molecule has 0 saturated carbocycles. The Bertz CT molecular complexity index is 403. The van der Waals surface area contributed by atoms with Crippen LogP contribution in [0.2, 0.25) is 0 Å². The van der Waals surface area contributed by atoms with Crippen LogP contribution < -0.4 is 15.4 Å². The first-order valence-electron chi connectivity index (χ1n) is 7.44. The van der Waals surface area contributed by atoms with Crippen LogP contribution in [0.25, 0.3) is 0 Å². The topological polar surface area (TPSA) is 38.5 Å². The van der Waals surface area contributed by atoms with Crippen molar-refractivity contribution in [2.45, 2.75) is 44.2 Å². The molecule has 0 aliphatic carbocycles. The lowest BCUT2D eigenvalue weighted by atomic mass is 9.88. The summed E-state index contributed by atoms with van der Waals surface area (Å²) in [7, 11) is 1.72. The Morgan fingerprint density at radius 1 is 1.16 bits per heavy atom. The lowest BCUT2D eigenvalue weighted by Gasteiger charge is -2.40. The van der Waals surface area contributed by atoms with Gasteiger partial charge in [-0.3, -0.25) is 0 Å². The van der Waals surface area contributed by atoms with E-state index < -0.39 is 0 Å². The third-order valence-corrected chi connectivity index (χ3v) is 4.78. The molecule has 104 valence electrons. The second-order valence-corrected chi connectivity index (χ2v) is 5.91. The van der Waals surface area contributed by atoms with Gasteiger partial charge in [-0.2, -0.15) is 0 Å². The molecule has 19 heavy (non-hydrogen) atoms. The van der Waals surface area contributed by atoms with Crippen LogP contribution in [0.1, 0.15) is 32.1 Å². The van der Waals surface area contributed by atoms with Gasteiger partial charge >= 0.3 is 0 Å². The highest BCUT2D eigenvalue weighted by atomic mass is 16.5. The third-order valence-electron chi connectivity index (χ3n) is 4.78. The van der Waals surface area contributed by atoms with Crippen molar-refractivity contribution >= 4 is 5.69 Å². The van der Waals surface area contributed by atoms with E-state index in [4.69, 9.17) is 10.5 Å². The number of fused-ring (bicyclic) bond motifs is 2. The molecular formula is C16H24N2O. The number of nitrogens with two attached hydrogens (primary N) is 1. The Hall–Kier alpha value is -1.22. The Morgan fingerprint density at radius 3 is 2.32 bits per heavy atom. The normalized spacial score (nSPS) is 29.6. The van der Waals surface area contributed by atoms with Crippen LogP contribution in [0.5, 0.6) is 5.75 Å². The number of piperidine rings is 1. The highest BCUT2D eigenvalue weighted by molar-refractivity contribution is 5.52. The van der Waals surface area contributed by atoms with Crippen molar-refractivity contribution in [1.82, 2.24) is 0 Å². The van der Waals surface area contributed by atoms with Gasteiger partial charge in [0.2, 0.25) is 0 Å². The number of hydrogen-bond acceptors (Lipinski definition) is 3. The maximum absolute atomic E-state index is 5.72. The summed E-state index contributed by atoms with van der Waals surface area (Å²) in [4.78, 5) is 2.65. The standard InChI is InChI=1S/C16H24N2O/c1-19-16-6-4-13(5-7-16)18-14-2-3-15(18)11-12(10-14)8-9-17/h4-7,12,14-15H,2-3,8-11,17H2,1H3. The summed E-state index contributed by atoms with van der Waals surface area (Å²) >= 11 is 0. The summed E-state index contributed by atoms with van der Waals surface area (Å²) in [6.07, 6.45) is 6.53.